The first-order chi connectivity index (χ1) is 12.7. The van der Waals surface area contributed by atoms with Crippen LogP contribution in [-0.2, 0) is 17.9 Å². The van der Waals surface area contributed by atoms with Crippen molar-refractivity contribution in [2.45, 2.75) is 20.0 Å². The average molecular weight is 373 g/mol. The van der Waals surface area contributed by atoms with Gasteiger partial charge in [-0.15, -0.1) is 11.3 Å². The third-order valence-corrected chi connectivity index (χ3v) is 4.78. The fraction of sp³-hybridized carbons (Fsp3) is 0.263. The number of aromatic amines is 1. The van der Waals surface area contributed by atoms with E-state index in [1.165, 1.54) is 15.3 Å². The molecule has 3 rings (SSSR count). The van der Waals surface area contributed by atoms with Gasteiger partial charge in [0.25, 0.3) is 6.47 Å². The first-order valence-electron chi connectivity index (χ1n) is 8.22. The Hall–Kier alpha value is -2.48. The van der Waals surface area contributed by atoms with E-state index in [1.807, 2.05) is 19.2 Å². The van der Waals surface area contributed by atoms with E-state index in [0.717, 1.165) is 24.6 Å². The average Bonchev–Trinajstić information content (AvgIpc) is 3.26. The molecule has 3 N–H and O–H groups in total. The van der Waals surface area contributed by atoms with Gasteiger partial charge in [0.1, 0.15) is 5.82 Å². The number of aromatic nitrogens is 2. The van der Waals surface area contributed by atoms with Crippen molar-refractivity contribution in [1.29, 1.82) is 0 Å². The summed E-state index contributed by atoms with van der Waals surface area (Å²) in [5, 5.41) is 16.2. The molecule has 7 heteroatoms. The van der Waals surface area contributed by atoms with Crippen molar-refractivity contribution in [3.05, 3.63) is 65.1 Å². The van der Waals surface area contributed by atoms with Crippen LogP contribution < -0.4 is 0 Å². The molecule has 0 aliphatic rings. The third kappa shape index (κ3) is 6.11. The minimum absolute atomic E-state index is 0.157. The molecule has 0 fully saturated rings. The molecule has 0 unspecified atom stereocenters. The highest BCUT2D eigenvalue weighted by Crippen LogP contribution is 2.28. The van der Waals surface area contributed by atoms with E-state index < -0.39 is 0 Å². The molecule has 0 amide bonds. The first-order valence-corrected chi connectivity index (χ1v) is 9.03. The van der Waals surface area contributed by atoms with Crippen LogP contribution in [0.25, 0.3) is 10.4 Å². The van der Waals surface area contributed by atoms with Gasteiger partial charge in [-0.05, 0) is 24.6 Å². The second-order valence-corrected chi connectivity index (χ2v) is 6.83. The summed E-state index contributed by atoms with van der Waals surface area (Å²) in [6.07, 6.45) is 1.86. The van der Waals surface area contributed by atoms with Crippen molar-refractivity contribution < 1.29 is 15.0 Å². The van der Waals surface area contributed by atoms with Crippen LogP contribution in [0.2, 0.25) is 0 Å². The minimum Gasteiger partial charge on any atom is -0.483 e. The molecule has 0 atom stereocenters. The summed E-state index contributed by atoms with van der Waals surface area (Å²) in [4.78, 5) is 20.7. The van der Waals surface area contributed by atoms with E-state index >= 15 is 0 Å². The molecule has 26 heavy (non-hydrogen) atoms. The summed E-state index contributed by atoms with van der Waals surface area (Å²) in [7, 11) is 0. The van der Waals surface area contributed by atoms with Crippen molar-refractivity contribution in [2.75, 3.05) is 13.2 Å². The Morgan fingerprint density at radius 3 is 2.54 bits per heavy atom. The van der Waals surface area contributed by atoms with Crippen molar-refractivity contribution in [2.24, 2.45) is 0 Å². The van der Waals surface area contributed by atoms with Gasteiger partial charge >= 0.3 is 0 Å². The van der Waals surface area contributed by atoms with Crippen molar-refractivity contribution in [3.63, 3.8) is 0 Å². The topological polar surface area (TPSA) is 89.5 Å². The van der Waals surface area contributed by atoms with Gasteiger partial charge in [0.15, 0.2) is 0 Å². The molecule has 0 saturated carbocycles. The molecule has 1 aromatic carbocycles. The second kappa shape index (κ2) is 10.5. The van der Waals surface area contributed by atoms with Crippen LogP contribution in [0.5, 0.6) is 0 Å². The number of carboxylic acid groups (broad SMARTS) is 1. The lowest BCUT2D eigenvalue weighted by Crippen LogP contribution is -2.25. The second-order valence-electron chi connectivity index (χ2n) is 5.67. The maximum Gasteiger partial charge on any atom is 0.290 e. The lowest BCUT2D eigenvalue weighted by atomic mass is 10.2. The number of aliphatic hydroxyl groups is 1. The van der Waals surface area contributed by atoms with Crippen LogP contribution in [-0.4, -0.2) is 44.7 Å². The summed E-state index contributed by atoms with van der Waals surface area (Å²) in [5.74, 6) is 0.923. The van der Waals surface area contributed by atoms with Gasteiger partial charge in [-0.1, -0.05) is 30.3 Å². The van der Waals surface area contributed by atoms with E-state index in [1.54, 1.807) is 11.3 Å². The lowest BCUT2D eigenvalue weighted by Gasteiger charge is -2.19. The zero-order valence-electron chi connectivity index (χ0n) is 14.6. The van der Waals surface area contributed by atoms with Crippen molar-refractivity contribution in [1.82, 2.24) is 14.9 Å². The Kier molecular flexibility index (Phi) is 8.01. The monoisotopic (exact) mass is 373 g/mol. The number of nitrogens with one attached hydrogen (secondary N) is 1. The summed E-state index contributed by atoms with van der Waals surface area (Å²) < 4.78 is 0. The first kappa shape index (κ1) is 19.8. The molecule has 0 aliphatic heterocycles. The molecule has 6 nitrogen and oxygen atoms in total. The molecule has 0 spiro atoms. The smallest absolute Gasteiger partial charge is 0.290 e. The molecule has 2 heterocycles. The van der Waals surface area contributed by atoms with Gasteiger partial charge < -0.3 is 15.2 Å². The predicted octanol–water partition coefficient (Wildman–Crippen LogP) is 3.14. The van der Waals surface area contributed by atoms with Crippen molar-refractivity contribution in [3.8, 4) is 10.4 Å². The number of hydrogen-bond acceptors (Lipinski definition) is 5. The number of nitrogens with zero attached hydrogens (tertiary/aromatic N) is 2. The molecule has 0 radical (unpaired) electrons. The minimum atomic E-state index is -0.250. The Balaban J connectivity index is 0.000000758. The van der Waals surface area contributed by atoms with E-state index in [0.29, 0.717) is 6.54 Å². The number of thiophene rings is 1. The summed E-state index contributed by atoms with van der Waals surface area (Å²) in [6.45, 7) is 4.10. The van der Waals surface area contributed by atoms with E-state index in [4.69, 9.17) is 9.90 Å². The highest BCUT2D eigenvalue weighted by molar-refractivity contribution is 7.15. The third-order valence-electron chi connectivity index (χ3n) is 3.67. The molecule has 0 bridgehead atoms. The summed E-state index contributed by atoms with van der Waals surface area (Å²) >= 11 is 1.81. The van der Waals surface area contributed by atoms with Gasteiger partial charge in [0.05, 0.1) is 6.61 Å². The SMILES string of the molecule is Cc1ncc(CN(CCO)Cc2ccc(-c3ccccc3)s2)[nH]1.O=CO. The molecular formula is C19H23N3O3S. The molecule has 3 aromatic rings. The quantitative estimate of drug-likeness (QED) is 0.554. The fourth-order valence-corrected chi connectivity index (χ4v) is 3.64. The predicted molar refractivity (Wildman–Crippen MR) is 103 cm³/mol. The van der Waals surface area contributed by atoms with Crippen LogP contribution in [0.4, 0.5) is 0 Å². The van der Waals surface area contributed by atoms with Gasteiger partial charge in [-0.3, -0.25) is 9.69 Å². The molecular weight excluding hydrogens is 350 g/mol. The standard InChI is InChI=1S/C18H21N3OS.CH2O2/c1-14-19-11-16(20-14)12-21(9-10-22)13-17-7-8-18(23-17)15-5-3-2-4-6-15;2-1-3/h2-8,11,22H,9-10,12-13H2,1H3,(H,19,20);1H,(H,2,3). The van der Waals surface area contributed by atoms with Gasteiger partial charge in [0.2, 0.25) is 0 Å². The Labute approximate surface area is 156 Å². The molecule has 0 saturated heterocycles. The summed E-state index contributed by atoms with van der Waals surface area (Å²) in [5.41, 5.74) is 2.33. The van der Waals surface area contributed by atoms with Crippen molar-refractivity contribution >= 4 is 17.8 Å². The molecule has 2 aromatic heterocycles. The number of aliphatic hydroxyl groups excluding tert-OH is 1. The maximum atomic E-state index is 9.32. The van der Waals surface area contributed by atoms with Crippen LogP contribution in [0, 0.1) is 6.92 Å². The van der Waals surface area contributed by atoms with Gasteiger partial charge in [-0.2, -0.15) is 0 Å². The largest absolute Gasteiger partial charge is 0.483 e. The number of aryl methyl sites for hydroxylation is 1. The number of rotatable bonds is 7. The van der Waals surface area contributed by atoms with Gasteiger partial charge in [-0.25, -0.2) is 4.98 Å². The number of H-pyrrole nitrogens is 1. The number of hydrogen-bond donors (Lipinski definition) is 3. The van der Waals surface area contributed by atoms with Crippen LogP contribution in [0.1, 0.15) is 16.4 Å². The van der Waals surface area contributed by atoms with E-state index in [-0.39, 0.29) is 13.1 Å². The van der Waals surface area contributed by atoms with Crippen LogP contribution in [0.15, 0.2) is 48.7 Å². The Bertz CT molecular complexity index is 786. The number of benzene rings is 1. The molecule has 0 aliphatic carbocycles. The number of imidazole rings is 1. The Morgan fingerprint density at radius 1 is 1.19 bits per heavy atom. The van der Waals surface area contributed by atoms with E-state index in [2.05, 4.69) is 51.3 Å². The number of carbonyl (C=O) groups is 1. The highest BCUT2D eigenvalue weighted by atomic mass is 32.1. The zero-order chi connectivity index (χ0) is 18.8. The Morgan fingerprint density at radius 2 is 1.92 bits per heavy atom. The normalized spacial score (nSPS) is 10.4. The van der Waals surface area contributed by atoms with E-state index in [9.17, 15) is 5.11 Å². The summed E-state index contributed by atoms with van der Waals surface area (Å²) in [6, 6.07) is 14.8. The molecule has 138 valence electrons. The van der Waals surface area contributed by atoms with Crippen LogP contribution in [0.3, 0.4) is 0 Å². The maximum absolute atomic E-state index is 9.32. The highest BCUT2D eigenvalue weighted by Gasteiger charge is 2.10. The fourth-order valence-electron chi connectivity index (χ4n) is 2.59. The van der Waals surface area contributed by atoms with Crippen LogP contribution >= 0.6 is 11.3 Å². The lowest BCUT2D eigenvalue weighted by molar-refractivity contribution is -0.122. The zero-order valence-corrected chi connectivity index (χ0v) is 15.4. The van der Waals surface area contributed by atoms with Gasteiger partial charge in [0, 0.05) is 41.3 Å².